The van der Waals surface area contributed by atoms with E-state index >= 15 is 0 Å². The highest BCUT2D eigenvalue weighted by molar-refractivity contribution is 6.36. The predicted molar refractivity (Wildman–Crippen MR) is 132 cm³/mol. The van der Waals surface area contributed by atoms with Crippen LogP contribution in [0.2, 0.25) is 5.02 Å². The number of hydrogen-bond donors (Lipinski definition) is 3. The molecule has 0 aliphatic carbocycles. The van der Waals surface area contributed by atoms with Crippen molar-refractivity contribution in [1.29, 1.82) is 0 Å². The second-order valence-corrected chi connectivity index (χ2v) is 8.79. The Morgan fingerprint density at radius 1 is 1.27 bits per heavy atom. The highest BCUT2D eigenvalue weighted by atomic mass is 35.5. The predicted octanol–water partition coefficient (Wildman–Crippen LogP) is 4.24. The van der Waals surface area contributed by atoms with E-state index in [0.29, 0.717) is 37.1 Å². The van der Waals surface area contributed by atoms with Gasteiger partial charge in [-0.3, -0.25) is 9.67 Å². The van der Waals surface area contributed by atoms with Crippen LogP contribution < -0.4 is 21.1 Å². The summed E-state index contributed by atoms with van der Waals surface area (Å²) < 4.78 is 49.8. The average Bonchev–Trinajstić information content (AvgIpc) is 3.47. The first-order valence-corrected chi connectivity index (χ1v) is 11.8. The van der Waals surface area contributed by atoms with Gasteiger partial charge in [-0.15, -0.1) is 0 Å². The lowest BCUT2D eigenvalue weighted by molar-refractivity contribution is -0.145. The number of nitrogens with two attached hydrogens (primary N) is 1. The van der Waals surface area contributed by atoms with Crippen LogP contribution in [0.5, 0.6) is 5.75 Å². The topological polar surface area (TPSA) is 121 Å². The van der Waals surface area contributed by atoms with Crippen molar-refractivity contribution in [3.63, 3.8) is 0 Å². The number of rotatable bonds is 6. The molecule has 0 bridgehead atoms. The molecule has 5 heterocycles. The molecule has 37 heavy (non-hydrogen) atoms. The van der Waals surface area contributed by atoms with Gasteiger partial charge in [-0.2, -0.15) is 23.3 Å². The summed E-state index contributed by atoms with van der Waals surface area (Å²) >= 11 is 6.63. The number of hydrogen-bond acceptors (Lipinski definition) is 8. The molecule has 194 valence electrons. The van der Waals surface area contributed by atoms with Crippen LogP contribution in [-0.2, 0) is 13.2 Å². The summed E-state index contributed by atoms with van der Waals surface area (Å²) in [6, 6.07) is 5.90. The maximum Gasteiger partial charge on any atom is 0.433 e. The lowest BCUT2D eigenvalue weighted by Crippen LogP contribution is -2.31. The monoisotopic (exact) mass is 533 g/mol. The number of nitrogens with one attached hydrogen (secondary N) is 2. The fourth-order valence-electron chi connectivity index (χ4n) is 4.21. The standard InChI is InChI=1S/C23H23ClF3N9O/c1-35-20-19(24)16(37-15(11-28)14-4-2-3-7-30-14)12-31-21(20)33-22(35)32-18-10-17(23(25,26)27)36(34-18)13-5-8-29-9-6-13/h2-4,7,10-13,29H,5-6,8-9,28H2,1H3,(H,31,32,33,34). The van der Waals surface area contributed by atoms with E-state index in [-0.39, 0.29) is 40.0 Å². The fourth-order valence-corrected chi connectivity index (χ4v) is 4.50. The Hall–Kier alpha value is -3.84. The lowest BCUT2D eigenvalue weighted by Gasteiger charge is -2.25. The summed E-state index contributed by atoms with van der Waals surface area (Å²) in [6.07, 6.45) is 0.800. The van der Waals surface area contributed by atoms with Crippen molar-refractivity contribution in [1.82, 2.24) is 34.6 Å². The SMILES string of the molecule is Cn1c(Nc2cc(C(F)(F)F)n(C3CCNCC3)n2)nc2ncc(OC(=CN)c3ccccn3)c(Cl)c21. The molecule has 1 aliphatic heterocycles. The number of ether oxygens (including phenoxy) is 1. The second-order valence-electron chi connectivity index (χ2n) is 8.41. The summed E-state index contributed by atoms with van der Waals surface area (Å²) in [5, 5.41) is 10.5. The number of halogens is 4. The Morgan fingerprint density at radius 3 is 2.73 bits per heavy atom. The van der Waals surface area contributed by atoms with Crippen molar-refractivity contribution in [2.45, 2.75) is 25.1 Å². The first-order valence-electron chi connectivity index (χ1n) is 11.4. The normalized spacial score (nSPS) is 15.3. The van der Waals surface area contributed by atoms with Gasteiger partial charge in [-0.1, -0.05) is 17.7 Å². The van der Waals surface area contributed by atoms with Crippen LogP contribution in [0.1, 0.15) is 30.3 Å². The van der Waals surface area contributed by atoms with Gasteiger partial charge in [0.1, 0.15) is 21.9 Å². The second kappa shape index (κ2) is 9.90. The molecule has 0 aromatic carbocycles. The first kappa shape index (κ1) is 24.8. The number of piperidine rings is 1. The van der Waals surface area contributed by atoms with E-state index in [0.717, 1.165) is 10.7 Å². The molecule has 10 nitrogen and oxygen atoms in total. The zero-order valence-electron chi connectivity index (χ0n) is 19.6. The number of fused-ring (bicyclic) bond motifs is 1. The number of aryl methyl sites for hydroxylation is 1. The van der Waals surface area contributed by atoms with Gasteiger partial charge in [0.15, 0.2) is 23.0 Å². The molecule has 4 aromatic rings. The van der Waals surface area contributed by atoms with Crippen molar-refractivity contribution in [3.8, 4) is 5.75 Å². The number of aromatic nitrogens is 6. The molecule has 0 amide bonds. The summed E-state index contributed by atoms with van der Waals surface area (Å²) in [4.78, 5) is 12.9. The largest absolute Gasteiger partial charge is 0.450 e. The Kier molecular flexibility index (Phi) is 6.65. The summed E-state index contributed by atoms with van der Waals surface area (Å²) in [6.45, 7) is 1.26. The highest BCUT2D eigenvalue weighted by Crippen LogP contribution is 2.37. The zero-order chi connectivity index (χ0) is 26.2. The summed E-state index contributed by atoms with van der Waals surface area (Å²) in [5.74, 6) is 0.706. The minimum Gasteiger partial charge on any atom is -0.450 e. The zero-order valence-corrected chi connectivity index (χ0v) is 20.4. The van der Waals surface area contributed by atoms with Crippen molar-refractivity contribution in [2.24, 2.45) is 12.8 Å². The van der Waals surface area contributed by atoms with E-state index in [1.165, 1.54) is 12.4 Å². The van der Waals surface area contributed by atoms with Crippen LogP contribution in [0.4, 0.5) is 24.9 Å². The van der Waals surface area contributed by atoms with Gasteiger partial charge >= 0.3 is 6.18 Å². The Bertz CT molecular complexity index is 1440. The number of imidazole rings is 1. The van der Waals surface area contributed by atoms with E-state index in [9.17, 15) is 13.2 Å². The smallest absolute Gasteiger partial charge is 0.433 e. The van der Waals surface area contributed by atoms with Crippen LogP contribution in [0.15, 0.2) is 42.9 Å². The number of anilines is 2. The van der Waals surface area contributed by atoms with Crippen molar-refractivity contribution < 1.29 is 17.9 Å². The molecular weight excluding hydrogens is 511 g/mol. The van der Waals surface area contributed by atoms with Crippen LogP contribution in [0.3, 0.4) is 0 Å². The van der Waals surface area contributed by atoms with E-state index in [4.69, 9.17) is 22.1 Å². The minimum absolute atomic E-state index is 0.0142. The molecule has 0 atom stereocenters. The lowest BCUT2D eigenvalue weighted by atomic mass is 10.1. The van der Waals surface area contributed by atoms with E-state index < -0.39 is 11.9 Å². The molecule has 0 unspecified atom stereocenters. The Balaban J connectivity index is 1.46. The van der Waals surface area contributed by atoms with E-state index in [1.54, 1.807) is 36.0 Å². The van der Waals surface area contributed by atoms with Crippen LogP contribution >= 0.6 is 11.6 Å². The van der Waals surface area contributed by atoms with Gasteiger partial charge in [0.2, 0.25) is 5.95 Å². The fraction of sp³-hybridized carbons (Fsp3) is 0.304. The molecule has 0 radical (unpaired) electrons. The molecule has 4 aromatic heterocycles. The van der Waals surface area contributed by atoms with Gasteiger partial charge < -0.3 is 25.7 Å². The molecule has 5 rings (SSSR count). The third-order valence-electron chi connectivity index (χ3n) is 6.01. The molecule has 14 heteroatoms. The van der Waals surface area contributed by atoms with Crippen LogP contribution in [0.25, 0.3) is 16.9 Å². The van der Waals surface area contributed by atoms with E-state index in [2.05, 4.69) is 30.7 Å². The summed E-state index contributed by atoms with van der Waals surface area (Å²) in [5.41, 5.74) is 6.09. The van der Waals surface area contributed by atoms with Gasteiger partial charge in [-0.05, 0) is 38.1 Å². The van der Waals surface area contributed by atoms with Crippen molar-refractivity contribution >= 4 is 40.3 Å². The molecule has 1 aliphatic rings. The van der Waals surface area contributed by atoms with Gasteiger partial charge in [-0.25, -0.2) is 4.98 Å². The van der Waals surface area contributed by atoms with Gasteiger partial charge in [0, 0.05) is 25.5 Å². The summed E-state index contributed by atoms with van der Waals surface area (Å²) in [7, 11) is 1.65. The third kappa shape index (κ3) is 4.91. The highest BCUT2D eigenvalue weighted by Gasteiger charge is 2.38. The van der Waals surface area contributed by atoms with Crippen LogP contribution in [-0.4, -0.2) is 42.4 Å². The molecule has 1 saturated heterocycles. The van der Waals surface area contributed by atoms with Gasteiger partial charge in [0.05, 0.1) is 12.2 Å². The van der Waals surface area contributed by atoms with Crippen LogP contribution in [0, 0.1) is 0 Å². The van der Waals surface area contributed by atoms with Crippen molar-refractivity contribution in [3.05, 3.63) is 59.3 Å². The molecule has 1 fully saturated rings. The van der Waals surface area contributed by atoms with E-state index in [1.807, 2.05) is 0 Å². The maximum absolute atomic E-state index is 13.8. The van der Waals surface area contributed by atoms with Gasteiger partial charge in [0.25, 0.3) is 0 Å². The average molecular weight is 534 g/mol. The minimum atomic E-state index is -4.55. The molecular formula is C23H23ClF3N9O. The molecule has 0 saturated carbocycles. The maximum atomic E-state index is 13.8. The number of pyridine rings is 2. The molecule has 4 N–H and O–H groups in total. The quantitative estimate of drug-likeness (QED) is 0.315. The van der Waals surface area contributed by atoms with Crippen molar-refractivity contribution in [2.75, 3.05) is 18.4 Å². The first-order chi connectivity index (χ1) is 17.8. The number of nitrogens with zero attached hydrogens (tertiary/aromatic N) is 6. The molecule has 0 spiro atoms. The number of alkyl halides is 3. The third-order valence-corrected chi connectivity index (χ3v) is 6.38. The Labute approximate surface area is 214 Å². The Morgan fingerprint density at radius 2 is 2.05 bits per heavy atom.